The van der Waals surface area contributed by atoms with E-state index in [1.807, 2.05) is 0 Å². The minimum absolute atomic E-state index is 0.0707. The second-order valence-corrected chi connectivity index (χ2v) is 7.41. The largest absolute Gasteiger partial charge is 0.314 e. The van der Waals surface area contributed by atoms with E-state index in [9.17, 15) is 8.42 Å². The van der Waals surface area contributed by atoms with Crippen LogP contribution >= 0.6 is 0 Å². The summed E-state index contributed by atoms with van der Waals surface area (Å²) < 4.78 is 23.1. The van der Waals surface area contributed by atoms with Crippen molar-refractivity contribution in [1.29, 1.82) is 0 Å². The quantitative estimate of drug-likeness (QED) is 0.780. The summed E-state index contributed by atoms with van der Waals surface area (Å²) in [4.78, 5) is 0. The first-order chi connectivity index (χ1) is 7.07. The maximum atomic E-state index is 11.5. The molecule has 4 heteroatoms. The zero-order valence-electron chi connectivity index (χ0n) is 9.41. The van der Waals surface area contributed by atoms with Gasteiger partial charge in [0.25, 0.3) is 0 Å². The number of sulfone groups is 1. The Kier molecular flexibility index (Phi) is 3.36. The van der Waals surface area contributed by atoms with Crippen LogP contribution in [-0.2, 0) is 9.84 Å². The summed E-state index contributed by atoms with van der Waals surface area (Å²) >= 11 is 0. The van der Waals surface area contributed by atoms with Gasteiger partial charge in [-0.3, -0.25) is 0 Å². The minimum Gasteiger partial charge on any atom is -0.314 e. The lowest BCUT2D eigenvalue weighted by Gasteiger charge is -2.32. The fourth-order valence-electron chi connectivity index (χ4n) is 3.05. The molecule has 0 aromatic heterocycles. The molecule has 0 spiro atoms. The standard InChI is InChI=1S/C11H21NO2S/c1-15(13,14)10-5-2-4-9(8-10)11-6-3-7-12-11/h9-12H,2-8H2,1H3. The molecular formula is C11H21NO2S. The lowest BCUT2D eigenvalue weighted by Crippen LogP contribution is -2.37. The lowest BCUT2D eigenvalue weighted by molar-refractivity contribution is 0.288. The zero-order valence-corrected chi connectivity index (χ0v) is 10.2. The molecule has 3 nitrogen and oxygen atoms in total. The van der Waals surface area contributed by atoms with E-state index in [1.165, 1.54) is 25.5 Å². The number of nitrogens with one attached hydrogen (secondary N) is 1. The normalized spacial score (nSPS) is 38.1. The Bertz CT molecular complexity index is 307. The Balaban J connectivity index is 1.97. The third-order valence-corrected chi connectivity index (χ3v) is 5.58. The van der Waals surface area contributed by atoms with Crippen molar-refractivity contribution in [3.05, 3.63) is 0 Å². The van der Waals surface area contributed by atoms with Gasteiger partial charge in [-0.25, -0.2) is 8.42 Å². The lowest BCUT2D eigenvalue weighted by atomic mass is 9.83. The predicted molar refractivity (Wildman–Crippen MR) is 61.6 cm³/mol. The molecule has 0 radical (unpaired) electrons. The van der Waals surface area contributed by atoms with Crippen LogP contribution in [0.1, 0.15) is 38.5 Å². The van der Waals surface area contributed by atoms with Gasteiger partial charge in [0.05, 0.1) is 5.25 Å². The molecule has 1 aliphatic carbocycles. The van der Waals surface area contributed by atoms with Crippen LogP contribution in [0.3, 0.4) is 0 Å². The van der Waals surface area contributed by atoms with Crippen LogP contribution in [0.2, 0.25) is 0 Å². The van der Waals surface area contributed by atoms with Crippen molar-refractivity contribution in [2.75, 3.05) is 12.8 Å². The molecule has 0 aromatic carbocycles. The van der Waals surface area contributed by atoms with Crippen LogP contribution < -0.4 is 5.32 Å². The number of hydrogen-bond donors (Lipinski definition) is 1. The van der Waals surface area contributed by atoms with Crippen LogP contribution in [0.25, 0.3) is 0 Å². The molecular weight excluding hydrogens is 210 g/mol. The molecule has 15 heavy (non-hydrogen) atoms. The average Bonchev–Trinajstić information content (AvgIpc) is 2.69. The van der Waals surface area contributed by atoms with Crippen molar-refractivity contribution < 1.29 is 8.42 Å². The zero-order chi connectivity index (χ0) is 10.9. The second-order valence-electron chi connectivity index (χ2n) is 5.08. The molecule has 2 fully saturated rings. The first-order valence-electron chi connectivity index (χ1n) is 5.99. The van der Waals surface area contributed by atoms with Crippen molar-refractivity contribution >= 4 is 9.84 Å². The van der Waals surface area contributed by atoms with E-state index < -0.39 is 9.84 Å². The molecule has 1 heterocycles. The maximum Gasteiger partial charge on any atom is 0.150 e. The summed E-state index contributed by atoms with van der Waals surface area (Å²) in [5, 5.41) is 3.43. The monoisotopic (exact) mass is 231 g/mol. The smallest absolute Gasteiger partial charge is 0.150 e. The van der Waals surface area contributed by atoms with E-state index >= 15 is 0 Å². The first kappa shape index (κ1) is 11.4. The number of rotatable bonds is 2. The fourth-order valence-corrected chi connectivity index (χ4v) is 4.24. The van der Waals surface area contributed by atoms with Crippen LogP contribution in [0.4, 0.5) is 0 Å². The molecule has 1 N–H and O–H groups in total. The van der Waals surface area contributed by atoms with Gasteiger partial charge in [-0.2, -0.15) is 0 Å². The second kappa shape index (κ2) is 4.42. The molecule has 2 rings (SSSR count). The van der Waals surface area contributed by atoms with Crippen LogP contribution in [0.15, 0.2) is 0 Å². The van der Waals surface area contributed by atoms with Crippen molar-refractivity contribution in [2.24, 2.45) is 5.92 Å². The average molecular weight is 231 g/mol. The molecule has 1 saturated heterocycles. The highest BCUT2D eigenvalue weighted by Crippen LogP contribution is 2.33. The van der Waals surface area contributed by atoms with Gasteiger partial charge in [0.2, 0.25) is 0 Å². The van der Waals surface area contributed by atoms with Gasteiger partial charge in [-0.05, 0) is 44.6 Å². The Hall–Kier alpha value is -0.0900. The summed E-state index contributed by atoms with van der Waals surface area (Å²) in [6.45, 7) is 1.12. The van der Waals surface area contributed by atoms with E-state index in [0.717, 1.165) is 25.8 Å². The molecule has 3 atom stereocenters. The summed E-state index contributed by atoms with van der Waals surface area (Å²) in [6.07, 6.45) is 7.94. The van der Waals surface area contributed by atoms with Crippen LogP contribution in [0, 0.1) is 5.92 Å². The molecule has 1 saturated carbocycles. The van der Waals surface area contributed by atoms with E-state index in [-0.39, 0.29) is 5.25 Å². The summed E-state index contributed by atoms with van der Waals surface area (Å²) in [5.41, 5.74) is 0. The van der Waals surface area contributed by atoms with Gasteiger partial charge in [-0.15, -0.1) is 0 Å². The third-order valence-electron chi connectivity index (χ3n) is 3.94. The van der Waals surface area contributed by atoms with E-state index in [4.69, 9.17) is 0 Å². The van der Waals surface area contributed by atoms with Gasteiger partial charge >= 0.3 is 0 Å². The van der Waals surface area contributed by atoms with Gasteiger partial charge in [0, 0.05) is 12.3 Å². The number of hydrogen-bond acceptors (Lipinski definition) is 3. The van der Waals surface area contributed by atoms with Gasteiger partial charge in [-0.1, -0.05) is 6.42 Å². The minimum atomic E-state index is -2.82. The Morgan fingerprint density at radius 3 is 2.53 bits per heavy atom. The van der Waals surface area contributed by atoms with Crippen molar-refractivity contribution in [2.45, 2.75) is 49.8 Å². The topological polar surface area (TPSA) is 46.2 Å². The summed E-state index contributed by atoms with van der Waals surface area (Å²) in [6, 6.07) is 0.592. The highest BCUT2D eigenvalue weighted by atomic mass is 32.2. The maximum absolute atomic E-state index is 11.5. The summed E-state index contributed by atoms with van der Waals surface area (Å²) in [5.74, 6) is 0.598. The predicted octanol–water partition coefficient (Wildman–Crippen LogP) is 1.34. The Morgan fingerprint density at radius 2 is 1.93 bits per heavy atom. The van der Waals surface area contributed by atoms with Crippen molar-refractivity contribution in [3.8, 4) is 0 Å². The molecule has 88 valence electrons. The van der Waals surface area contributed by atoms with Gasteiger partial charge in [0.1, 0.15) is 9.84 Å². The van der Waals surface area contributed by atoms with Crippen molar-refractivity contribution in [3.63, 3.8) is 0 Å². The molecule has 3 unspecified atom stereocenters. The third kappa shape index (κ3) is 2.72. The Labute approximate surface area is 92.6 Å². The molecule has 2 aliphatic rings. The van der Waals surface area contributed by atoms with Crippen LogP contribution in [0.5, 0.6) is 0 Å². The van der Waals surface area contributed by atoms with Gasteiger partial charge in [0.15, 0.2) is 0 Å². The van der Waals surface area contributed by atoms with Crippen LogP contribution in [-0.4, -0.2) is 32.5 Å². The summed E-state index contributed by atoms with van der Waals surface area (Å²) in [7, 11) is -2.82. The highest BCUT2D eigenvalue weighted by molar-refractivity contribution is 7.91. The highest BCUT2D eigenvalue weighted by Gasteiger charge is 2.33. The SMILES string of the molecule is CS(=O)(=O)C1CCCC(C2CCCN2)C1. The molecule has 0 aromatic rings. The fraction of sp³-hybridized carbons (Fsp3) is 1.00. The van der Waals surface area contributed by atoms with Gasteiger partial charge < -0.3 is 5.32 Å². The molecule has 0 amide bonds. The van der Waals surface area contributed by atoms with E-state index in [0.29, 0.717) is 12.0 Å². The Morgan fingerprint density at radius 1 is 1.13 bits per heavy atom. The van der Waals surface area contributed by atoms with E-state index in [2.05, 4.69) is 5.32 Å². The molecule has 1 aliphatic heterocycles. The van der Waals surface area contributed by atoms with E-state index in [1.54, 1.807) is 0 Å². The molecule has 0 bridgehead atoms. The first-order valence-corrected chi connectivity index (χ1v) is 7.95. The van der Waals surface area contributed by atoms with Crippen molar-refractivity contribution in [1.82, 2.24) is 5.32 Å².